The molecular weight excluding hydrogens is 464 g/mol. The molecule has 1 fully saturated rings. The number of benzene rings is 1. The van der Waals surface area contributed by atoms with Gasteiger partial charge in [-0.25, -0.2) is 4.98 Å². The lowest BCUT2D eigenvalue weighted by molar-refractivity contribution is 0.0625. The molecule has 30 heavy (non-hydrogen) atoms. The highest BCUT2D eigenvalue weighted by Crippen LogP contribution is 2.33. The highest BCUT2D eigenvalue weighted by Gasteiger charge is 2.24. The maximum absolute atomic E-state index is 12.7. The molecule has 0 saturated carbocycles. The van der Waals surface area contributed by atoms with E-state index < -0.39 is 0 Å². The van der Waals surface area contributed by atoms with Gasteiger partial charge in [0.15, 0.2) is 0 Å². The lowest BCUT2D eigenvalue weighted by atomic mass is 9.97. The molecule has 1 saturated heterocycles. The summed E-state index contributed by atoms with van der Waals surface area (Å²) < 4.78 is 0.967. The molecule has 3 heterocycles. The Morgan fingerprint density at radius 1 is 1.10 bits per heavy atom. The van der Waals surface area contributed by atoms with E-state index in [1.807, 2.05) is 29.2 Å². The van der Waals surface area contributed by atoms with E-state index in [4.69, 9.17) is 4.98 Å². The number of nitrogens with one attached hydrogen (secondary N) is 1. The van der Waals surface area contributed by atoms with Gasteiger partial charge in [0, 0.05) is 41.1 Å². The van der Waals surface area contributed by atoms with Crippen LogP contribution >= 0.6 is 27.3 Å². The van der Waals surface area contributed by atoms with Crippen LogP contribution < -0.4 is 5.56 Å². The third-order valence-corrected chi connectivity index (χ3v) is 7.71. The van der Waals surface area contributed by atoms with Gasteiger partial charge in [0.1, 0.15) is 10.7 Å². The quantitative estimate of drug-likeness (QED) is 0.614. The molecule has 0 unspecified atom stereocenters. The summed E-state index contributed by atoms with van der Waals surface area (Å²) >= 11 is 5.09. The van der Waals surface area contributed by atoms with Gasteiger partial charge in [-0.05, 0) is 55.5 Å². The van der Waals surface area contributed by atoms with E-state index >= 15 is 0 Å². The molecule has 1 N–H and O–H groups in total. The molecule has 2 aliphatic rings. The Balaban J connectivity index is 1.26. The van der Waals surface area contributed by atoms with Crippen LogP contribution in [0.3, 0.4) is 0 Å². The number of amides is 1. The normalized spacial score (nSPS) is 17.3. The molecule has 1 aliphatic heterocycles. The van der Waals surface area contributed by atoms with E-state index in [-0.39, 0.29) is 11.5 Å². The first-order valence-corrected chi connectivity index (χ1v) is 12.0. The zero-order chi connectivity index (χ0) is 20.7. The number of hydrogen-bond donors (Lipinski definition) is 1. The molecular formula is C22H23BrN4O2S. The number of aromatic nitrogens is 2. The Kier molecular flexibility index (Phi) is 5.47. The van der Waals surface area contributed by atoms with Crippen molar-refractivity contribution in [2.75, 3.05) is 26.2 Å². The van der Waals surface area contributed by atoms with Gasteiger partial charge >= 0.3 is 0 Å². The smallest absolute Gasteiger partial charge is 0.259 e. The highest BCUT2D eigenvalue weighted by atomic mass is 79.9. The van der Waals surface area contributed by atoms with Crippen molar-refractivity contribution >= 4 is 43.4 Å². The first-order valence-electron chi connectivity index (χ1n) is 10.4. The fraction of sp³-hybridized carbons (Fsp3) is 0.409. The second-order valence-electron chi connectivity index (χ2n) is 7.98. The molecule has 3 aromatic rings. The number of nitrogens with zero attached hydrogens (tertiary/aromatic N) is 3. The predicted molar refractivity (Wildman–Crippen MR) is 122 cm³/mol. The number of aryl methyl sites for hydroxylation is 2. The van der Waals surface area contributed by atoms with Gasteiger partial charge in [-0.1, -0.05) is 15.9 Å². The van der Waals surface area contributed by atoms with Gasteiger partial charge in [0.05, 0.1) is 11.9 Å². The molecule has 8 heteroatoms. The summed E-state index contributed by atoms with van der Waals surface area (Å²) in [6, 6.07) is 7.49. The van der Waals surface area contributed by atoms with Crippen molar-refractivity contribution in [3.05, 3.63) is 60.9 Å². The zero-order valence-corrected chi connectivity index (χ0v) is 19.0. The summed E-state index contributed by atoms with van der Waals surface area (Å²) in [5, 5.41) is 0.809. The summed E-state index contributed by atoms with van der Waals surface area (Å²) in [7, 11) is 0. The number of fused-ring (bicyclic) bond motifs is 3. The average Bonchev–Trinajstić information content (AvgIpc) is 3.13. The van der Waals surface area contributed by atoms with Crippen LogP contribution in [0.5, 0.6) is 0 Å². The number of halogens is 1. The van der Waals surface area contributed by atoms with Crippen LogP contribution in [0.4, 0.5) is 0 Å². The molecule has 0 radical (unpaired) electrons. The number of carbonyl (C=O) groups excluding carboxylic acids is 1. The topological polar surface area (TPSA) is 69.3 Å². The fourth-order valence-corrected chi connectivity index (χ4v) is 5.92. The third-order valence-electron chi connectivity index (χ3n) is 6.00. The van der Waals surface area contributed by atoms with Gasteiger partial charge in [-0.15, -0.1) is 11.3 Å². The standard InChI is InChI=1S/C22H23BrN4O2S/c23-15-7-5-14(6-8-15)22(29)27-11-9-26(10-12-27)13-18-24-20(28)19-16-3-1-2-4-17(16)30-21(19)25-18/h5-8H,1-4,9-13H2,(H,24,25,28). The molecule has 1 aliphatic carbocycles. The van der Waals surface area contributed by atoms with Crippen molar-refractivity contribution < 1.29 is 4.79 Å². The Bertz CT molecular complexity index is 1150. The van der Waals surface area contributed by atoms with Gasteiger partial charge in [0.25, 0.3) is 11.5 Å². The molecule has 6 nitrogen and oxygen atoms in total. The SMILES string of the molecule is O=C(c1ccc(Br)cc1)N1CCN(Cc2nc3sc4c(c3c(=O)[nH]2)CCCC4)CC1. The van der Waals surface area contributed by atoms with Crippen LogP contribution in [-0.2, 0) is 19.4 Å². The summed E-state index contributed by atoms with van der Waals surface area (Å²) in [6.45, 7) is 3.49. The lowest BCUT2D eigenvalue weighted by Crippen LogP contribution is -2.48. The third kappa shape index (κ3) is 3.84. The minimum Gasteiger partial charge on any atom is -0.336 e. The molecule has 0 bridgehead atoms. The Morgan fingerprint density at radius 3 is 2.60 bits per heavy atom. The summed E-state index contributed by atoms with van der Waals surface area (Å²) in [5.41, 5.74) is 1.94. The average molecular weight is 487 g/mol. The number of carbonyl (C=O) groups is 1. The Labute approximate surface area is 187 Å². The largest absolute Gasteiger partial charge is 0.336 e. The van der Waals surface area contributed by atoms with Crippen LogP contribution in [-0.4, -0.2) is 51.9 Å². The monoisotopic (exact) mass is 486 g/mol. The van der Waals surface area contributed by atoms with Crippen molar-refractivity contribution in [2.24, 2.45) is 0 Å². The summed E-state index contributed by atoms with van der Waals surface area (Å²) in [4.78, 5) is 39.6. The molecule has 0 spiro atoms. The summed E-state index contributed by atoms with van der Waals surface area (Å²) in [5.74, 6) is 0.790. The maximum Gasteiger partial charge on any atom is 0.259 e. The van der Waals surface area contributed by atoms with Gasteiger partial charge in [-0.2, -0.15) is 0 Å². The number of H-pyrrole nitrogens is 1. The van der Waals surface area contributed by atoms with Crippen LogP contribution in [0.15, 0.2) is 33.5 Å². The van der Waals surface area contributed by atoms with E-state index in [1.165, 1.54) is 16.9 Å². The minimum atomic E-state index is -0.00143. The number of aromatic amines is 1. The van der Waals surface area contributed by atoms with Crippen LogP contribution in [0.25, 0.3) is 10.2 Å². The van der Waals surface area contributed by atoms with E-state index in [9.17, 15) is 9.59 Å². The number of hydrogen-bond acceptors (Lipinski definition) is 5. The number of thiophene rings is 1. The van der Waals surface area contributed by atoms with Crippen LogP contribution in [0.2, 0.25) is 0 Å². The molecule has 5 rings (SSSR count). The highest BCUT2D eigenvalue weighted by molar-refractivity contribution is 9.10. The van der Waals surface area contributed by atoms with Crippen molar-refractivity contribution in [2.45, 2.75) is 32.2 Å². The van der Waals surface area contributed by atoms with Gasteiger partial charge in [-0.3, -0.25) is 14.5 Å². The van der Waals surface area contributed by atoms with Crippen LogP contribution in [0.1, 0.15) is 39.5 Å². The number of rotatable bonds is 3. The maximum atomic E-state index is 12.7. The van der Waals surface area contributed by atoms with E-state index in [0.717, 1.165) is 52.9 Å². The predicted octanol–water partition coefficient (Wildman–Crippen LogP) is 3.58. The minimum absolute atomic E-state index is 0.00143. The van der Waals surface area contributed by atoms with Crippen LogP contribution in [0, 0.1) is 0 Å². The van der Waals surface area contributed by atoms with Crippen molar-refractivity contribution in [3.63, 3.8) is 0 Å². The Hall–Kier alpha value is -2.03. The molecule has 2 aromatic heterocycles. The molecule has 1 aromatic carbocycles. The fourth-order valence-electron chi connectivity index (χ4n) is 4.38. The molecule has 1 amide bonds. The second-order valence-corrected chi connectivity index (χ2v) is 9.98. The summed E-state index contributed by atoms with van der Waals surface area (Å²) in [6.07, 6.45) is 4.42. The van der Waals surface area contributed by atoms with E-state index in [1.54, 1.807) is 11.3 Å². The Morgan fingerprint density at radius 2 is 1.83 bits per heavy atom. The first-order chi connectivity index (χ1) is 14.6. The van der Waals surface area contributed by atoms with Gasteiger partial charge < -0.3 is 9.88 Å². The molecule has 0 atom stereocenters. The number of piperazine rings is 1. The molecule has 156 valence electrons. The second kappa shape index (κ2) is 8.24. The van der Waals surface area contributed by atoms with E-state index in [2.05, 4.69) is 25.8 Å². The first kappa shape index (κ1) is 19.9. The van der Waals surface area contributed by atoms with E-state index in [0.29, 0.717) is 25.2 Å². The van der Waals surface area contributed by atoms with Crippen molar-refractivity contribution in [1.82, 2.24) is 19.8 Å². The zero-order valence-electron chi connectivity index (χ0n) is 16.6. The van der Waals surface area contributed by atoms with Crippen molar-refractivity contribution in [1.29, 1.82) is 0 Å². The van der Waals surface area contributed by atoms with Gasteiger partial charge in [0.2, 0.25) is 0 Å². The van der Waals surface area contributed by atoms with Crippen molar-refractivity contribution in [3.8, 4) is 0 Å². The lowest BCUT2D eigenvalue weighted by Gasteiger charge is -2.34.